The maximum Gasteiger partial charge on any atom is 0.323 e. The molecule has 0 unspecified atom stereocenters. The number of rotatable bonds is 8. The Morgan fingerprint density at radius 1 is 1.16 bits per heavy atom. The van der Waals surface area contributed by atoms with E-state index in [1.807, 2.05) is 44.2 Å². The number of ether oxygens (including phenoxy) is 1. The summed E-state index contributed by atoms with van der Waals surface area (Å²) in [6, 6.07) is 12.9. The van der Waals surface area contributed by atoms with Crippen molar-refractivity contribution in [3.63, 3.8) is 0 Å². The molecule has 1 aromatic heterocycles. The number of carboxylic acid groups (broad SMARTS) is 1. The van der Waals surface area contributed by atoms with Crippen molar-refractivity contribution in [3.8, 4) is 5.88 Å². The Kier molecular flexibility index (Phi) is 6.51. The summed E-state index contributed by atoms with van der Waals surface area (Å²) in [7, 11) is 0. The van der Waals surface area contributed by atoms with Gasteiger partial charge in [0.25, 0.3) is 5.91 Å². The molecule has 6 nitrogen and oxygen atoms in total. The number of carboxylic acids is 1. The van der Waals surface area contributed by atoms with Gasteiger partial charge in [0.2, 0.25) is 5.88 Å². The minimum absolute atomic E-state index is 0.171. The Bertz CT molecular complexity index is 699. The third-order valence-corrected chi connectivity index (χ3v) is 3.41. The molecule has 1 heterocycles. The second-order valence-electron chi connectivity index (χ2n) is 6.13. The van der Waals surface area contributed by atoms with E-state index in [-0.39, 0.29) is 18.4 Å². The maximum absolute atomic E-state index is 12.5. The van der Waals surface area contributed by atoms with Gasteiger partial charge in [-0.1, -0.05) is 44.2 Å². The van der Waals surface area contributed by atoms with Crippen LogP contribution >= 0.6 is 0 Å². The van der Waals surface area contributed by atoms with Crippen molar-refractivity contribution in [1.82, 2.24) is 9.88 Å². The van der Waals surface area contributed by atoms with Crippen LogP contribution in [0.2, 0.25) is 0 Å². The molecule has 6 heteroatoms. The molecule has 2 aromatic rings. The van der Waals surface area contributed by atoms with Crippen molar-refractivity contribution in [1.29, 1.82) is 0 Å². The van der Waals surface area contributed by atoms with Crippen LogP contribution in [-0.2, 0) is 11.4 Å². The fourth-order valence-electron chi connectivity index (χ4n) is 2.33. The van der Waals surface area contributed by atoms with Crippen molar-refractivity contribution >= 4 is 11.9 Å². The number of hydrogen-bond acceptors (Lipinski definition) is 4. The van der Waals surface area contributed by atoms with Crippen LogP contribution < -0.4 is 4.74 Å². The molecular weight excluding hydrogens is 320 g/mol. The summed E-state index contributed by atoms with van der Waals surface area (Å²) in [5.41, 5.74) is 1.36. The minimum atomic E-state index is -1.04. The average Bonchev–Trinajstić information content (AvgIpc) is 2.59. The standard InChI is InChI=1S/C19H22N2O4/c1-14(2)11-21(12-18(22)23)19(24)16-8-9-17(20-10-16)25-13-15-6-4-3-5-7-15/h3-10,14H,11-13H2,1-2H3,(H,22,23). The molecule has 0 radical (unpaired) electrons. The third-order valence-electron chi connectivity index (χ3n) is 3.41. The number of amides is 1. The molecule has 1 amide bonds. The minimum Gasteiger partial charge on any atom is -0.480 e. The SMILES string of the molecule is CC(C)CN(CC(=O)O)C(=O)c1ccc(OCc2ccccc2)nc1. The molecule has 0 aliphatic heterocycles. The predicted molar refractivity (Wildman–Crippen MR) is 93.4 cm³/mol. The zero-order valence-electron chi connectivity index (χ0n) is 14.4. The molecule has 0 fully saturated rings. The van der Waals surface area contributed by atoms with Crippen LogP contribution in [0.5, 0.6) is 5.88 Å². The Balaban J connectivity index is 2.01. The number of benzene rings is 1. The van der Waals surface area contributed by atoms with Crippen molar-refractivity contribution in [2.75, 3.05) is 13.1 Å². The summed E-state index contributed by atoms with van der Waals surface area (Å²) >= 11 is 0. The van der Waals surface area contributed by atoms with E-state index in [4.69, 9.17) is 9.84 Å². The van der Waals surface area contributed by atoms with Gasteiger partial charge in [-0.15, -0.1) is 0 Å². The summed E-state index contributed by atoms with van der Waals surface area (Å²) in [5.74, 6) is -0.804. The first-order valence-corrected chi connectivity index (χ1v) is 8.09. The molecule has 0 bridgehead atoms. The predicted octanol–water partition coefficient (Wildman–Crippen LogP) is 2.84. The van der Waals surface area contributed by atoms with Crippen molar-refractivity contribution in [2.24, 2.45) is 5.92 Å². The van der Waals surface area contributed by atoms with Gasteiger partial charge in [-0.3, -0.25) is 9.59 Å². The largest absolute Gasteiger partial charge is 0.480 e. The first kappa shape index (κ1) is 18.4. The number of aromatic nitrogens is 1. The van der Waals surface area contributed by atoms with Gasteiger partial charge in [0, 0.05) is 18.8 Å². The third kappa shape index (κ3) is 5.91. The molecule has 25 heavy (non-hydrogen) atoms. The Morgan fingerprint density at radius 2 is 1.88 bits per heavy atom. The van der Waals surface area contributed by atoms with Crippen LogP contribution in [0.25, 0.3) is 0 Å². The smallest absolute Gasteiger partial charge is 0.323 e. The summed E-state index contributed by atoms with van der Waals surface area (Å²) in [5, 5.41) is 8.99. The van der Waals surface area contributed by atoms with Crippen LogP contribution in [0.15, 0.2) is 48.7 Å². The van der Waals surface area contributed by atoms with E-state index in [0.717, 1.165) is 5.56 Å². The number of carbonyl (C=O) groups excluding carboxylic acids is 1. The van der Waals surface area contributed by atoms with Gasteiger partial charge in [-0.2, -0.15) is 0 Å². The molecule has 2 rings (SSSR count). The summed E-state index contributed by atoms with van der Waals surface area (Å²) in [6.07, 6.45) is 1.41. The Labute approximate surface area is 147 Å². The van der Waals surface area contributed by atoms with E-state index in [1.165, 1.54) is 11.1 Å². The van der Waals surface area contributed by atoms with Crippen molar-refractivity contribution in [3.05, 3.63) is 59.8 Å². The first-order valence-electron chi connectivity index (χ1n) is 8.09. The average molecular weight is 342 g/mol. The molecule has 0 spiro atoms. The topological polar surface area (TPSA) is 79.7 Å². The van der Waals surface area contributed by atoms with Gasteiger partial charge >= 0.3 is 5.97 Å². The van der Waals surface area contributed by atoms with Gasteiger partial charge in [-0.25, -0.2) is 4.98 Å². The number of aliphatic carboxylic acids is 1. The molecule has 0 saturated heterocycles. The molecule has 1 aromatic carbocycles. The highest BCUT2D eigenvalue weighted by Gasteiger charge is 2.20. The lowest BCUT2D eigenvalue weighted by atomic mass is 10.1. The highest BCUT2D eigenvalue weighted by molar-refractivity contribution is 5.95. The number of pyridine rings is 1. The fourth-order valence-corrected chi connectivity index (χ4v) is 2.33. The summed E-state index contributed by atoms with van der Waals surface area (Å²) in [4.78, 5) is 28.9. The second-order valence-corrected chi connectivity index (χ2v) is 6.13. The molecule has 0 atom stereocenters. The lowest BCUT2D eigenvalue weighted by Gasteiger charge is -2.22. The van der Waals surface area contributed by atoms with Crippen LogP contribution in [0.3, 0.4) is 0 Å². The van der Waals surface area contributed by atoms with Crippen LogP contribution in [-0.4, -0.2) is 40.0 Å². The van der Waals surface area contributed by atoms with Gasteiger partial charge < -0.3 is 14.7 Å². The lowest BCUT2D eigenvalue weighted by Crippen LogP contribution is -2.38. The van der Waals surface area contributed by atoms with E-state index in [2.05, 4.69) is 4.98 Å². The quantitative estimate of drug-likeness (QED) is 0.798. The highest BCUT2D eigenvalue weighted by Crippen LogP contribution is 2.13. The number of carbonyl (C=O) groups is 2. The van der Waals surface area contributed by atoms with Gasteiger partial charge in [-0.05, 0) is 17.5 Å². The van der Waals surface area contributed by atoms with Gasteiger partial charge in [0.05, 0.1) is 5.56 Å². The van der Waals surface area contributed by atoms with Gasteiger partial charge in [0.15, 0.2) is 0 Å². The monoisotopic (exact) mass is 342 g/mol. The normalized spacial score (nSPS) is 10.5. The van der Waals surface area contributed by atoms with E-state index in [0.29, 0.717) is 24.6 Å². The van der Waals surface area contributed by atoms with E-state index < -0.39 is 5.97 Å². The van der Waals surface area contributed by atoms with Crippen molar-refractivity contribution in [2.45, 2.75) is 20.5 Å². The second kappa shape index (κ2) is 8.82. The summed E-state index contributed by atoms with van der Waals surface area (Å²) in [6.45, 7) is 4.29. The van der Waals surface area contributed by atoms with Crippen LogP contribution in [0.1, 0.15) is 29.8 Å². The van der Waals surface area contributed by atoms with E-state index >= 15 is 0 Å². The zero-order chi connectivity index (χ0) is 18.2. The highest BCUT2D eigenvalue weighted by atomic mass is 16.5. The Morgan fingerprint density at radius 3 is 2.44 bits per heavy atom. The number of nitrogens with zero attached hydrogens (tertiary/aromatic N) is 2. The van der Waals surface area contributed by atoms with Crippen LogP contribution in [0, 0.1) is 5.92 Å². The number of hydrogen-bond donors (Lipinski definition) is 1. The lowest BCUT2D eigenvalue weighted by molar-refractivity contribution is -0.137. The first-order chi connectivity index (χ1) is 12.0. The molecular formula is C19H22N2O4. The Hall–Kier alpha value is -2.89. The van der Waals surface area contributed by atoms with Gasteiger partial charge in [0.1, 0.15) is 13.2 Å². The molecule has 0 aliphatic carbocycles. The summed E-state index contributed by atoms with van der Waals surface area (Å²) < 4.78 is 5.59. The molecule has 1 N–H and O–H groups in total. The van der Waals surface area contributed by atoms with Crippen LogP contribution in [0.4, 0.5) is 0 Å². The van der Waals surface area contributed by atoms with Crippen molar-refractivity contribution < 1.29 is 19.4 Å². The van der Waals surface area contributed by atoms with E-state index in [1.54, 1.807) is 12.1 Å². The molecule has 0 saturated carbocycles. The maximum atomic E-state index is 12.5. The molecule has 132 valence electrons. The molecule has 0 aliphatic rings. The zero-order valence-corrected chi connectivity index (χ0v) is 14.4. The fraction of sp³-hybridized carbons (Fsp3) is 0.316. The van der Waals surface area contributed by atoms with E-state index in [9.17, 15) is 9.59 Å².